The van der Waals surface area contributed by atoms with Crippen molar-refractivity contribution in [2.75, 3.05) is 4.90 Å². The van der Waals surface area contributed by atoms with Crippen LogP contribution >= 0.6 is 11.6 Å². The van der Waals surface area contributed by atoms with Gasteiger partial charge in [0.2, 0.25) is 0 Å². The van der Waals surface area contributed by atoms with Crippen molar-refractivity contribution < 1.29 is 4.39 Å². The standard InChI is InChI=1S/C15H14ClFN2/c1-11-8-13(17)6-7-15(11)19(10-18)9-12-4-2-3-5-14(12)16/h2-8,10,18H,9H2,1H3. The Balaban J connectivity index is 2.30. The van der Waals surface area contributed by atoms with Crippen molar-refractivity contribution in [3.63, 3.8) is 0 Å². The Hall–Kier alpha value is -1.87. The van der Waals surface area contributed by atoms with Gasteiger partial charge in [-0.15, -0.1) is 0 Å². The number of hydrogen-bond acceptors (Lipinski definition) is 1. The minimum Gasteiger partial charge on any atom is -0.328 e. The molecule has 0 spiro atoms. The molecule has 0 aliphatic heterocycles. The van der Waals surface area contributed by atoms with Crippen LogP contribution in [0.25, 0.3) is 0 Å². The fourth-order valence-electron chi connectivity index (χ4n) is 1.95. The lowest BCUT2D eigenvalue weighted by atomic mass is 10.1. The van der Waals surface area contributed by atoms with Crippen molar-refractivity contribution in [1.82, 2.24) is 0 Å². The van der Waals surface area contributed by atoms with Crippen LogP contribution in [-0.4, -0.2) is 6.34 Å². The zero-order chi connectivity index (χ0) is 13.8. The third-order valence-electron chi connectivity index (χ3n) is 2.92. The van der Waals surface area contributed by atoms with E-state index >= 15 is 0 Å². The molecule has 0 radical (unpaired) electrons. The van der Waals surface area contributed by atoms with Crippen molar-refractivity contribution in [2.45, 2.75) is 13.5 Å². The molecule has 4 heteroatoms. The Bertz CT molecular complexity index is 598. The molecule has 0 bridgehead atoms. The second-order valence-electron chi connectivity index (χ2n) is 4.28. The predicted molar refractivity (Wildman–Crippen MR) is 77.6 cm³/mol. The molecule has 0 aliphatic rings. The van der Waals surface area contributed by atoms with Gasteiger partial charge in [-0.3, -0.25) is 5.41 Å². The smallest absolute Gasteiger partial charge is 0.123 e. The Labute approximate surface area is 116 Å². The summed E-state index contributed by atoms with van der Waals surface area (Å²) in [7, 11) is 0. The summed E-state index contributed by atoms with van der Waals surface area (Å²) in [5, 5.41) is 8.19. The lowest BCUT2D eigenvalue weighted by Gasteiger charge is -2.21. The SMILES string of the molecule is Cc1cc(F)ccc1N(C=N)Cc1ccccc1Cl. The molecule has 2 nitrogen and oxygen atoms in total. The lowest BCUT2D eigenvalue weighted by Crippen LogP contribution is -2.21. The Morgan fingerprint density at radius 2 is 2.00 bits per heavy atom. The molecule has 0 aromatic heterocycles. The molecule has 2 aromatic rings. The molecule has 0 heterocycles. The molecule has 98 valence electrons. The van der Waals surface area contributed by atoms with Gasteiger partial charge in [-0.1, -0.05) is 29.8 Å². The first-order valence-corrected chi connectivity index (χ1v) is 6.26. The van der Waals surface area contributed by atoms with Gasteiger partial charge in [0, 0.05) is 10.7 Å². The molecule has 0 amide bonds. The molecule has 0 atom stereocenters. The molecule has 0 aliphatic carbocycles. The molecule has 0 fully saturated rings. The topological polar surface area (TPSA) is 27.1 Å². The average Bonchev–Trinajstić information content (AvgIpc) is 2.39. The van der Waals surface area contributed by atoms with Crippen LogP contribution in [0.2, 0.25) is 5.02 Å². The fourth-order valence-corrected chi connectivity index (χ4v) is 2.15. The second kappa shape index (κ2) is 5.85. The normalized spacial score (nSPS) is 10.3. The van der Waals surface area contributed by atoms with E-state index in [1.807, 2.05) is 31.2 Å². The van der Waals surface area contributed by atoms with E-state index in [9.17, 15) is 4.39 Å². The summed E-state index contributed by atoms with van der Waals surface area (Å²) in [6.07, 6.45) is 1.23. The average molecular weight is 277 g/mol. The van der Waals surface area contributed by atoms with Crippen molar-refractivity contribution >= 4 is 23.6 Å². The number of rotatable bonds is 4. The maximum Gasteiger partial charge on any atom is 0.123 e. The zero-order valence-corrected chi connectivity index (χ0v) is 11.3. The van der Waals surface area contributed by atoms with Crippen molar-refractivity contribution in [2.24, 2.45) is 0 Å². The van der Waals surface area contributed by atoms with Crippen LogP contribution in [0, 0.1) is 18.2 Å². The third-order valence-corrected chi connectivity index (χ3v) is 3.29. The molecular weight excluding hydrogens is 263 g/mol. The fraction of sp³-hybridized carbons (Fsp3) is 0.133. The van der Waals surface area contributed by atoms with Crippen molar-refractivity contribution in [1.29, 1.82) is 5.41 Å². The third kappa shape index (κ3) is 3.12. The number of anilines is 1. The zero-order valence-electron chi connectivity index (χ0n) is 10.5. The predicted octanol–water partition coefficient (Wildman–Crippen LogP) is 4.40. The van der Waals surface area contributed by atoms with Crippen molar-refractivity contribution in [3.05, 3.63) is 64.4 Å². The first kappa shape index (κ1) is 13.6. The highest BCUT2D eigenvalue weighted by Crippen LogP contribution is 2.24. The summed E-state index contributed by atoms with van der Waals surface area (Å²) in [6, 6.07) is 12.0. The van der Waals surface area contributed by atoms with Crippen LogP contribution in [0.15, 0.2) is 42.5 Å². The molecule has 0 unspecified atom stereocenters. The first-order chi connectivity index (χ1) is 9.11. The van der Waals surface area contributed by atoms with Crippen LogP contribution < -0.4 is 4.90 Å². The summed E-state index contributed by atoms with van der Waals surface area (Å²) >= 11 is 6.12. The lowest BCUT2D eigenvalue weighted by molar-refractivity contribution is 0.626. The Morgan fingerprint density at radius 1 is 1.26 bits per heavy atom. The van der Waals surface area contributed by atoms with E-state index in [1.165, 1.54) is 18.5 Å². The highest BCUT2D eigenvalue weighted by atomic mass is 35.5. The van der Waals surface area contributed by atoms with Crippen LogP contribution in [-0.2, 0) is 6.54 Å². The summed E-state index contributed by atoms with van der Waals surface area (Å²) in [5.74, 6) is -0.274. The summed E-state index contributed by atoms with van der Waals surface area (Å²) < 4.78 is 13.1. The van der Waals surface area contributed by atoms with Crippen LogP contribution in [0.5, 0.6) is 0 Å². The van der Waals surface area contributed by atoms with E-state index in [4.69, 9.17) is 17.0 Å². The maximum absolute atomic E-state index is 13.1. The van der Waals surface area contributed by atoms with E-state index in [0.29, 0.717) is 11.6 Å². The highest BCUT2D eigenvalue weighted by molar-refractivity contribution is 6.31. The summed E-state index contributed by atoms with van der Waals surface area (Å²) in [5.41, 5.74) is 2.52. The minimum atomic E-state index is -0.274. The molecule has 2 aromatic carbocycles. The number of aryl methyl sites for hydroxylation is 1. The summed E-state index contributed by atoms with van der Waals surface area (Å²) in [6.45, 7) is 2.30. The quantitative estimate of drug-likeness (QED) is 0.650. The second-order valence-corrected chi connectivity index (χ2v) is 4.69. The number of nitrogens with one attached hydrogen (secondary N) is 1. The van der Waals surface area contributed by atoms with E-state index in [0.717, 1.165) is 16.8 Å². The first-order valence-electron chi connectivity index (χ1n) is 5.88. The molecule has 0 saturated heterocycles. The van der Waals surface area contributed by atoms with Gasteiger partial charge in [0.05, 0.1) is 12.9 Å². The van der Waals surface area contributed by atoms with Crippen LogP contribution in [0.3, 0.4) is 0 Å². The molecule has 2 rings (SSSR count). The van der Waals surface area contributed by atoms with Gasteiger partial charge in [0.25, 0.3) is 0 Å². The largest absolute Gasteiger partial charge is 0.328 e. The van der Waals surface area contributed by atoms with E-state index in [2.05, 4.69) is 0 Å². The number of halogens is 2. The molecule has 1 N–H and O–H groups in total. The van der Waals surface area contributed by atoms with E-state index in [-0.39, 0.29) is 5.82 Å². The molecular formula is C15H14ClFN2. The van der Waals surface area contributed by atoms with Gasteiger partial charge in [0.15, 0.2) is 0 Å². The van der Waals surface area contributed by atoms with E-state index < -0.39 is 0 Å². The van der Waals surface area contributed by atoms with Gasteiger partial charge in [-0.2, -0.15) is 0 Å². The number of benzene rings is 2. The van der Waals surface area contributed by atoms with Gasteiger partial charge in [0.1, 0.15) is 5.82 Å². The van der Waals surface area contributed by atoms with E-state index in [1.54, 1.807) is 11.0 Å². The number of nitrogens with zero attached hydrogens (tertiary/aromatic N) is 1. The van der Waals surface area contributed by atoms with Crippen LogP contribution in [0.4, 0.5) is 10.1 Å². The molecule has 0 saturated carbocycles. The van der Waals surface area contributed by atoms with Gasteiger partial charge in [-0.05, 0) is 42.3 Å². The van der Waals surface area contributed by atoms with Gasteiger partial charge in [-0.25, -0.2) is 4.39 Å². The highest BCUT2D eigenvalue weighted by Gasteiger charge is 2.10. The molecule has 19 heavy (non-hydrogen) atoms. The van der Waals surface area contributed by atoms with Gasteiger partial charge >= 0.3 is 0 Å². The monoisotopic (exact) mass is 276 g/mol. The minimum absolute atomic E-state index is 0.274. The van der Waals surface area contributed by atoms with Crippen LogP contribution in [0.1, 0.15) is 11.1 Å². The van der Waals surface area contributed by atoms with Gasteiger partial charge < -0.3 is 4.90 Å². The Kier molecular flexibility index (Phi) is 4.17. The summed E-state index contributed by atoms with van der Waals surface area (Å²) in [4.78, 5) is 1.73. The Morgan fingerprint density at radius 3 is 2.63 bits per heavy atom. The maximum atomic E-state index is 13.1. The van der Waals surface area contributed by atoms with Crippen molar-refractivity contribution in [3.8, 4) is 0 Å². The number of hydrogen-bond donors (Lipinski definition) is 1.